The third kappa shape index (κ3) is 6.20. The molecule has 4 aromatic rings. The maximum Gasteiger partial charge on any atom is 0.338 e. The molecule has 0 amide bonds. The van der Waals surface area contributed by atoms with Crippen molar-refractivity contribution in [3.05, 3.63) is 127 Å². The molecule has 0 saturated carbocycles. The number of carbonyl (C=O) groups is 1. The average molecular weight is 805 g/mol. The van der Waals surface area contributed by atoms with Crippen molar-refractivity contribution < 1.29 is 18.7 Å². The van der Waals surface area contributed by atoms with Gasteiger partial charge in [-0.25, -0.2) is 14.2 Å². The van der Waals surface area contributed by atoms with Crippen molar-refractivity contribution in [2.45, 2.75) is 26.5 Å². The number of nitrogens with zero attached hydrogens (tertiary/aromatic N) is 3. The zero-order valence-electron chi connectivity index (χ0n) is 22.4. The molecule has 0 unspecified atom stereocenters. The molecule has 0 bridgehead atoms. The molecule has 2 heterocycles. The molecule has 0 N–H and O–H groups in total. The highest BCUT2D eigenvalue weighted by molar-refractivity contribution is 14.1. The summed E-state index contributed by atoms with van der Waals surface area (Å²) in [7, 11) is 0. The second-order valence-electron chi connectivity index (χ2n) is 9.26. The Morgan fingerprint density at radius 2 is 1.88 bits per heavy atom. The fourth-order valence-electron chi connectivity index (χ4n) is 4.56. The van der Waals surface area contributed by atoms with E-state index in [-0.39, 0.29) is 24.3 Å². The summed E-state index contributed by atoms with van der Waals surface area (Å²) < 4.78 is 29.1. The van der Waals surface area contributed by atoms with Gasteiger partial charge in [-0.2, -0.15) is 5.26 Å². The minimum atomic E-state index is -0.828. The predicted molar refractivity (Wildman–Crippen MR) is 174 cm³/mol. The van der Waals surface area contributed by atoms with Gasteiger partial charge in [0, 0.05) is 9.13 Å². The minimum absolute atomic E-state index is 0.159. The van der Waals surface area contributed by atoms with Crippen molar-refractivity contribution in [3.8, 4) is 11.8 Å². The number of thiazole rings is 1. The van der Waals surface area contributed by atoms with Crippen LogP contribution in [0.15, 0.2) is 81.7 Å². The van der Waals surface area contributed by atoms with Crippen molar-refractivity contribution >= 4 is 68.6 Å². The summed E-state index contributed by atoms with van der Waals surface area (Å²) in [5, 5.41) is 9.07. The standard InChI is InChI=1S/C31H22FI2N3O4S/c1-3-40-30(39)26-17(2)36-31-37(27(26)20-8-10-22(32)11-9-20)29(38)25(42-31)13-21-12-23(33)14-24(34)28(21)41-16-19-6-4-18(15-35)5-7-19/h4-14,27H,3,16H2,1-2H3/b25-13-/t27-/m1/s1. The number of ether oxygens (including phenoxy) is 2. The highest BCUT2D eigenvalue weighted by Crippen LogP contribution is 2.32. The Labute approximate surface area is 271 Å². The number of halogens is 3. The summed E-state index contributed by atoms with van der Waals surface area (Å²) in [4.78, 5) is 32.1. The van der Waals surface area contributed by atoms with Crippen LogP contribution in [0.25, 0.3) is 6.08 Å². The van der Waals surface area contributed by atoms with Gasteiger partial charge in [0.1, 0.15) is 18.2 Å². The van der Waals surface area contributed by atoms with E-state index in [1.54, 1.807) is 44.2 Å². The van der Waals surface area contributed by atoms with Crippen molar-refractivity contribution in [1.82, 2.24) is 4.57 Å². The van der Waals surface area contributed by atoms with E-state index >= 15 is 0 Å². The lowest BCUT2D eigenvalue weighted by Crippen LogP contribution is -2.39. The number of nitriles is 1. The lowest BCUT2D eigenvalue weighted by molar-refractivity contribution is -0.139. The number of allylic oxidation sites excluding steroid dienone is 1. The average Bonchev–Trinajstić information content (AvgIpc) is 3.26. The second-order valence-corrected chi connectivity index (χ2v) is 12.7. The first kappa shape index (κ1) is 30.1. The number of hydrogen-bond acceptors (Lipinski definition) is 7. The molecule has 5 rings (SSSR count). The van der Waals surface area contributed by atoms with Gasteiger partial charge >= 0.3 is 5.97 Å². The zero-order chi connectivity index (χ0) is 30.0. The maximum absolute atomic E-state index is 14.0. The lowest BCUT2D eigenvalue weighted by Gasteiger charge is -2.24. The van der Waals surface area contributed by atoms with Gasteiger partial charge in [0.15, 0.2) is 4.80 Å². The summed E-state index contributed by atoms with van der Waals surface area (Å²) in [5.41, 5.74) is 3.08. The van der Waals surface area contributed by atoms with Crippen molar-refractivity contribution in [1.29, 1.82) is 5.26 Å². The van der Waals surface area contributed by atoms with Crippen molar-refractivity contribution in [3.63, 3.8) is 0 Å². The van der Waals surface area contributed by atoms with Gasteiger partial charge < -0.3 is 9.47 Å². The first-order valence-corrected chi connectivity index (χ1v) is 15.7. The lowest BCUT2D eigenvalue weighted by atomic mass is 9.96. The van der Waals surface area contributed by atoms with Gasteiger partial charge in [-0.05, 0) is 113 Å². The third-order valence-electron chi connectivity index (χ3n) is 6.49. The quantitative estimate of drug-likeness (QED) is 0.179. The van der Waals surface area contributed by atoms with Crippen LogP contribution in [-0.4, -0.2) is 17.1 Å². The van der Waals surface area contributed by atoms with E-state index in [0.29, 0.717) is 37.5 Å². The topological polar surface area (TPSA) is 93.7 Å². The van der Waals surface area contributed by atoms with Crippen LogP contribution in [0.4, 0.5) is 4.39 Å². The van der Waals surface area contributed by atoms with Gasteiger partial charge in [-0.3, -0.25) is 9.36 Å². The molecule has 0 spiro atoms. The molecule has 0 radical (unpaired) electrons. The van der Waals surface area contributed by atoms with E-state index in [2.05, 4.69) is 56.2 Å². The Morgan fingerprint density at radius 3 is 2.55 bits per heavy atom. The van der Waals surface area contributed by atoms with Crippen LogP contribution in [0, 0.1) is 24.3 Å². The highest BCUT2D eigenvalue weighted by Gasteiger charge is 2.33. The third-order valence-corrected chi connectivity index (χ3v) is 8.90. The Morgan fingerprint density at radius 1 is 1.17 bits per heavy atom. The smallest absolute Gasteiger partial charge is 0.338 e. The number of hydrogen-bond donors (Lipinski definition) is 0. The van der Waals surface area contributed by atoms with E-state index < -0.39 is 17.8 Å². The molecule has 1 aliphatic rings. The minimum Gasteiger partial charge on any atom is -0.487 e. The van der Waals surface area contributed by atoms with Gasteiger partial charge in [0.05, 0.1) is 43.7 Å². The fraction of sp³-hybridized carbons (Fsp3) is 0.161. The Hall–Kier alpha value is -3.35. The van der Waals surface area contributed by atoms with E-state index in [0.717, 1.165) is 12.7 Å². The van der Waals surface area contributed by atoms with Gasteiger partial charge in [0.2, 0.25) is 0 Å². The largest absolute Gasteiger partial charge is 0.487 e. The number of aromatic nitrogens is 1. The summed E-state index contributed by atoms with van der Waals surface area (Å²) in [5.74, 6) is -0.385. The van der Waals surface area contributed by atoms with E-state index in [1.807, 2.05) is 24.3 Å². The molecule has 1 aliphatic heterocycles. The molecule has 1 aromatic heterocycles. The molecule has 7 nitrogen and oxygen atoms in total. The van der Waals surface area contributed by atoms with E-state index in [4.69, 9.17) is 14.7 Å². The monoisotopic (exact) mass is 805 g/mol. The molecular weight excluding hydrogens is 783 g/mol. The van der Waals surface area contributed by atoms with Crippen LogP contribution in [0.3, 0.4) is 0 Å². The second kappa shape index (κ2) is 12.9. The zero-order valence-corrected chi connectivity index (χ0v) is 27.5. The number of rotatable bonds is 7. The fourth-order valence-corrected chi connectivity index (χ4v) is 7.65. The summed E-state index contributed by atoms with van der Waals surface area (Å²) >= 11 is 5.63. The van der Waals surface area contributed by atoms with Crippen LogP contribution in [0.2, 0.25) is 0 Å². The SMILES string of the molecule is CCOC(=O)C1=C(C)N=c2s/c(=C\c3cc(I)cc(I)c3OCc3ccc(C#N)cc3)c(=O)n2[C@@H]1c1ccc(F)cc1. The number of fused-ring (bicyclic) bond motifs is 1. The number of benzene rings is 3. The molecule has 42 heavy (non-hydrogen) atoms. The van der Waals surface area contributed by atoms with Gasteiger partial charge in [0.25, 0.3) is 5.56 Å². The summed E-state index contributed by atoms with van der Waals surface area (Å²) in [6, 6.07) is 18.1. The normalized spacial score (nSPS) is 14.7. The molecule has 0 saturated heterocycles. The first-order chi connectivity index (χ1) is 20.2. The summed E-state index contributed by atoms with van der Waals surface area (Å²) in [6.07, 6.45) is 1.77. The molecule has 0 fully saturated rings. The Bertz CT molecular complexity index is 1940. The molecule has 1 atom stereocenters. The first-order valence-electron chi connectivity index (χ1n) is 12.8. The predicted octanol–water partition coefficient (Wildman–Crippen LogP) is 5.60. The molecule has 212 valence electrons. The molecule has 11 heteroatoms. The molecular formula is C31H22FI2N3O4S. The Balaban J connectivity index is 1.62. The van der Waals surface area contributed by atoms with Crippen molar-refractivity contribution in [2.24, 2.45) is 4.99 Å². The highest BCUT2D eigenvalue weighted by atomic mass is 127. The molecule has 0 aliphatic carbocycles. The van der Waals surface area contributed by atoms with E-state index in [9.17, 15) is 14.0 Å². The van der Waals surface area contributed by atoms with Crippen LogP contribution in [0.5, 0.6) is 5.75 Å². The van der Waals surface area contributed by atoms with Crippen molar-refractivity contribution in [2.75, 3.05) is 6.61 Å². The number of carbonyl (C=O) groups excluding carboxylic acids is 1. The number of esters is 1. The van der Waals surface area contributed by atoms with Gasteiger partial charge in [-0.1, -0.05) is 35.6 Å². The van der Waals surface area contributed by atoms with Crippen LogP contribution >= 0.6 is 56.5 Å². The summed E-state index contributed by atoms with van der Waals surface area (Å²) in [6.45, 7) is 3.85. The van der Waals surface area contributed by atoms with Crippen LogP contribution < -0.4 is 19.6 Å². The molecule has 3 aromatic carbocycles. The van der Waals surface area contributed by atoms with Crippen LogP contribution in [-0.2, 0) is 16.1 Å². The van der Waals surface area contributed by atoms with Crippen LogP contribution in [0.1, 0.15) is 42.1 Å². The van der Waals surface area contributed by atoms with Gasteiger partial charge in [-0.15, -0.1) is 0 Å². The Kier molecular flexibility index (Phi) is 9.24. The van der Waals surface area contributed by atoms with E-state index in [1.165, 1.54) is 28.0 Å². The maximum atomic E-state index is 14.0.